The Hall–Kier alpha value is -2.83. The molecule has 1 unspecified atom stereocenters. The van der Waals surface area contributed by atoms with Crippen LogP contribution in [0.1, 0.15) is 24.3 Å². The molecule has 1 aliphatic heterocycles. The minimum Gasteiger partial charge on any atom is -0.493 e. The highest BCUT2D eigenvalue weighted by atomic mass is 16.5. The number of hydrogen-bond acceptors (Lipinski definition) is 7. The fourth-order valence-electron chi connectivity index (χ4n) is 2.81. The summed E-state index contributed by atoms with van der Waals surface area (Å²) >= 11 is 0. The Morgan fingerprint density at radius 2 is 2.00 bits per heavy atom. The molecule has 1 heterocycles. The van der Waals surface area contributed by atoms with E-state index in [4.69, 9.17) is 15.2 Å². The lowest BCUT2D eigenvalue weighted by atomic mass is 9.82. The molecule has 0 fully saturated rings. The van der Waals surface area contributed by atoms with E-state index in [1.165, 1.54) is 6.21 Å². The van der Waals surface area contributed by atoms with Crippen molar-refractivity contribution in [3.8, 4) is 11.5 Å². The molecule has 23 heavy (non-hydrogen) atoms. The monoisotopic (exact) mass is 314 g/mol. The van der Waals surface area contributed by atoms with E-state index in [1.807, 2.05) is 18.2 Å². The normalized spacial score (nSPS) is 20.3. The Morgan fingerprint density at radius 3 is 2.74 bits per heavy atom. The molecule has 2 aliphatic rings. The van der Waals surface area contributed by atoms with E-state index in [0.717, 1.165) is 11.3 Å². The predicted molar refractivity (Wildman–Crippen MR) is 86.8 cm³/mol. The van der Waals surface area contributed by atoms with E-state index >= 15 is 0 Å². The Bertz CT molecular complexity index is 737. The second-order valence-corrected chi connectivity index (χ2v) is 5.38. The first-order valence-electron chi connectivity index (χ1n) is 7.24. The van der Waals surface area contributed by atoms with E-state index in [1.54, 1.807) is 14.2 Å². The predicted octanol–water partition coefficient (Wildman–Crippen LogP) is 1.31. The topological polar surface area (TPSA) is 98.3 Å². The fourth-order valence-corrected chi connectivity index (χ4v) is 2.81. The first-order valence-corrected chi connectivity index (χ1v) is 7.24. The maximum absolute atomic E-state index is 12.4. The first kappa shape index (κ1) is 15.1. The average Bonchev–Trinajstić information content (AvgIpc) is 2.76. The fraction of sp³-hybridized carbons (Fsp3) is 0.312. The molecule has 3 N–H and O–H groups in total. The van der Waals surface area contributed by atoms with Gasteiger partial charge in [0.05, 0.1) is 19.8 Å². The largest absolute Gasteiger partial charge is 0.493 e. The molecule has 1 aromatic carbocycles. The van der Waals surface area contributed by atoms with E-state index < -0.39 is 0 Å². The molecular formula is C16H18N4O3. The van der Waals surface area contributed by atoms with E-state index in [9.17, 15) is 4.79 Å². The average molecular weight is 314 g/mol. The van der Waals surface area contributed by atoms with Crippen molar-refractivity contribution in [2.45, 2.75) is 18.8 Å². The number of nitrogens with one attached hydrogen (secondary N) is 1. The number of hydrogen-bond donors (Lipinski definition) is 2. The summed E-state index contributed by atoms with van der Waals surface area (Å²) in [5, 5.41) is 3.92. The molecule has 0 saturated heterocycles. The van der Waals surface area contributed by atoms with Crippen LogP contribution in [0, 0.1) is 0 Å². The van der Waals surface area contributed by atoms with Gasteiger partial charge < -0.3 is 15.2 Å². The maximum Gasteiger partial charge on any atom is 0.237 e. The minimum atomic E-state index is 0.0205. The van der Waals surface area contributed by atoms with Gasteiger partial charge in [0, 0.05) is 18.3 Å². The minimum absolute atomic E-state index is 0.0205. The highest BCUT2D eigenvalue weighted by Crippen LogP contribution is 2.37. The number of nitrogens with two attached hydrogens (primary N) is 1. The molecule has 0 amide bonds. The summed E-state index contributed by atoms with van der Waals surface area (Å²) in [6.07, 6.45) is 2.54. The van der Waals surface area contributed by atoms with Crippen LogP contribution in [-0.4, -0.2) is 32.2 Å². The lowest BCUT2D eigenvalue weighted by molar-refractivity contribution is -0.115. The number of rotatable bonds is 3. The number of nitrogens with zero attached hydrogens (tertiary/aromatic N) is 2. The van der Waals surface area contributed by atoms with Gasteiger partial charge in [-0.15, -0.1) is 5.10 Å². The second kappa shape index (κ2) is 6.12. The summed E-state index contributed by atoms with van der Waals surface area (Å²) in [6, 6.07) is 5.71. The van der Waals surface area contributed by atoms with Crippen molar-refractivity contribution in [3.05, 3.63) is 35.0 Å². The lowest BCUT2D eigenvalue weighted by Crippen LogP contribution is -2.24. The Balaban J connectivity index is 1.91. The third-order valence-electron chi connectivity index (χ3n) is 4.02. The summed E-state index contributed by atoms with van der Waals surface area (Å²) in [6.45, 7) is 0. The Morgan fingerprint density at radius 1 is 1.22 bits per heavy atom. The number of ketones is 1. The zero-order chi connectivity index (χ0) is 16.4. The van der Waals surface area contributed by atoms with Crippen molar-refractivity contribution in [2.75, 3.05) is 14.2 Å². The molecule has 1 aromatic rings. The number of carbonyl (C=O) groups is 1. The van der Waals surface area contributed by atoms with Crippen LogP contribution in [0.2, 0.25) is 0 Å². The van der Waals surface area contributed by atoms with Gasteiger partial charge in [0.2, 0.25) is 5.96 Å². The zero-order valence-corrected chi connectivity index (χ0v) is 13.0. The van der Waals surface area contributed by atoms with Gasteiger partial charge in [0.1, 0.15) is 0 Å². The highest BCUT2D eigenvalue weighted by Gasteiger charge is 2.29. The SMILES string of the molecule is COc1ccc(C2CC(=O)C3=C(C2)NN=C(N)N=C3)cc1OC. The number of allylic oxidation sites excluding steroid dienone is 2. The van der Waals surface area contributed by atoms with Crippen LogP contribution in [0.4, 0.5) is 0 Å². The lowest BCUT2D eigenvalue weighted by Gasteiger charge is -2.25. The number of guanidine groups is 1. The van der Waals surface area contributed by atoms with Gasteiger partial charge in [0.25, 0.3) is 0 Å². The molecule has 7 nitrogen and oxygen atoms in total. The Kier molecular flexibility index (Phi) is 4.01. The van der Waals surface area contributed by atoms with Crippen molar-refractivity contribution >= 4 is 18.0 Å². The summed E-state index contributed by atoms with van der Waals surface area (Å²) in [5.41, 5.74) is 10.7. The molecule has 1 atom stereocenters. The van der Waals surface area contributed by atoms with Crippen LogP contribution < -0.4 is 20.6 Å². The third kappa shape index (κ3) is 2.90. The molecule has 0 spiro atoms. The zero-order valence-electron chi connectivity index (χ0n) is 13.0. The summed E-state index contributed by atoms with van der Waals surface area (Å²) in [5.74, 6) is 1.48. The van der Waals surface area contributed by atoms with Crippen molar-refractivity contribution < 1.29 is 14.3 Å². The smallest absolute Gasteiger partial charge is 0.237 e. The molecule has 1 aliphatic carbocycles. The summed E-state index contributed by atoms with van der Waals surface area (Å²) < 4.78 is 10.6. The number of hydrazone groups is 1. The molecular weight excluding hydrogens is 296 g/mol. The molecule has 120 valence electrons. The van der Waals surface area contributed by atoms with Gasteiger partial charge in [-0.1, -0.05) is 6.07 Å². The number of methoxy groups -OCH3 is 2. The maximum atomic E-state index is 12.4. The van der Waals surface area contributed by atoms with Gasteiger partial charge in [0.15, 0.2) is 17.3 Å². The standard InChI is InChI=1S/C16H18N4O3/c1-22-14-4-3-9(7-15(14)23-2)10-5-12-11(13(21)6-10)8-18-16(17)20-19-12/h3-4,7-8,10,19H,5-6H2,1-2H3,(H2,17,20). The van der Waals surface area contributed by atoms with E-state index in [2.05, 4.69) is 15.5 Å². The van der Waals surface area contributed by atoms with E-state index in [0.29, 0.717) is 29.9 Å². The van der Waals surface area contributed by atoms with Crippen LogP contribution in [0.25, 0.3) is 0 Å². The number of benzene rings is 1. The van der Waals surface area contributed by atoms with Crippen molar-refractivity contribution in [2.24, 2.45) is 15.8 Å². The van der Waals surface area contributed by atoms with Gasteiger partial charge >= 0.3 is 0 Å². The number of ether oxygens (including phenoxy) is 2. The summed E-state index contributed by atoms with van der Waals surface area (Å²) in [4.78, 5) is 16.3. The quantitative estimate of drug-likeness (QED) is 0.876. The number of carbonyl (C=O) groups excluding carboxylic acids is 1. The molecule has 0 aromatic heterocycles. The highest BCUT2D eigenvalue weighted by molar-refractivity contribution is 6.16. The van der Waals surface area contributed by atoms with E-state index in [-0.39, 0.29) is 17.7 Å². The van der Waals surface area contributed by atoms with Crippen molar-refractivity contribution in [3.63, 3.8) is 0 Å². The van der Waals surface area contributed by atoms with Crippen LogP contribution in [0.15, 0.2) is 39.6 Å². The van der Waals surface area contributed by atoms with Crippen LogP contribution in [-0.2, 0) is 4.79 Å². The molecule has 7 heteroatoms. The molecule has 0 saturated carbocycles. The van der Waals surface area contributed by atoms with Gasteiger partial charge in [-0.2, -0.15) is 0 Å². The van der Waals surface area contributed by atoms with Crippen molar-refractivity contribution in [1.82, 2.24) is 5.43 Å². The third-order valence-corrected chi connectivity index (χ3v) is 4.02. The molecule has 0 bridgehead atoms. The van der Waals surface area contributed by atoms with Crippen LogP contribution >= 0.6 is 0 Å². The van der Waals surface area contributed by atoms with Gasteiger partial charge in [-0.05, 0) is 30.0 Å². The van der Waals surface area contributed by atoms with Crippen molar-refractivity contribution in [1.29, 1.82) is 0 Å². The summed E-state index contributed by atoms with van der Waals surface area (Å²) in [7, 11) is 3.19. The second-order valence-electron chi connectivity index (χ2n) is 5.38. The van der Waals surface area contributed by atoms with Gasteiger partial charge in [-0.25, -0.2) is 4.99 Å². The number of aliphatic imine (C=N–C) groups is 1. The van der Waals surface area contributed by atoms with Crippen LogP contribution in [0.5, 0.6) is 11.5 Å². The molecule has 0 radical (unpaired) electrons. The number of Topliss-reactive ketones (excluding diaryl/α,β-unsaturated/α-hetero) is 1. The van der Waals surface area contributed by atoms with Crippen LogP contribution in [0.3, 0.4) is 0 Å². The molecule has 3 rings (SSSR count). The van der Waals surface area contributed by atoms with Gasteiger partial charge in [-0.3, -0.25) is 10.2 Å². The first-order chi connectivity index (χ1) is 11.1. The Labute approximate surface area is 133 Å².